The Morgan fingerprint density at radius 3 is 1.21 bits per heavy atom. The van der Waals surface area contributed by atoms with Crippen molar-refractivity contribution in [3.8, 4) is 0 Å². The minimum Gasteiger partial charge on any atom is -0.695 e. The number of aryl methyl sites for hydroxylation is 2. The maximum absolute atomic E-state index is 5.49. The fourth-order valence-electron chi connectivity index (χ4n) is 6.96. The number of rotatable bonds is 8. The summed E-state index contributed by atoms with van der Waals surface area (Å²) in [5.41, 5.74) is 10.0. The Morgan fingerprint density at radius 1 is 0.509 bits per heavy atom. The van der Waals surface area contributed by atoms with E-state index in [9.17, 15) is 0 Å². The predicted molar refractivity (Wildman–Crippen MR) is 230 cm³/mol. The molecule has 0 radical (unpaired) electrons. The molecule has 0 N–H and O–H groups in total. The molecular formula is C49H60N2PZr-5. The summed E-state index contributed by atoms with van der Waals surface area (Å²) >= 11 is 0. The fourth-order valence-corrected chi connectivity index (χ4v) is 10.8. The maximum Gasteiger partial charge on any atom is 0 e. The monoisotopic (exact) mass is 797 g/mol. The zero-order valence-electron chi connectivity index (χ0n) is 32.3. The third-order valence-corrected chi connectivity index (χ3v) is 13.3. The topological polar surface area (TPSA) is 28.2 Å². The van der Waals surface area contributed by atoms with Gasteiger partial charge in [0.1, 0.15) is 0 Å². The van der Waals surface area contributed by atoms with Crippen molar-refractivity contribution < 1.29 is 26.2 Å². The predicted octanol–water partition coefficient (Wildman–Crippen LogP) is 14.9. The van der Waals surface area contributed by atoms with Gasteiger partial charge in [-0.25, -0.2) is 0 Å². The quantitative estimate of drug-likeness (QED) is 0.110. The normalized spacial score (nSPS) is 14.8. The van der Waals surface area contributed by atoms with Gasteiger partial charge in [0.05, 0.1) is 0 Å². The van der Waals surface area contributed by atoms with E-state index in [1.165, 1.54) is 86.6 Å². The second-order valence-corrected chi connectivity index (χ2v) is 16.8. The average Bonchev–Trinajstić information content (AvgIpc) is 3.18. The molecule has 0 spiro atoms. The molecule has 5 aromatic rings. The number of hydrogen-bond donors (Lipinski definition) is 0. The summed E-state index contributed by atoms with van der Waals surface area (Å²) < 4.78 is 0. The third kappa shape index (κ3) is 16.8. The van der Waals surface area contributed by atoms with E-state index in [1.807, 2.05) is 91.0 Å². The van der Waals surface area contributed by atoms with Crippen molar-refractivity contribution in [2.45, 2.75) is 102 Å². The molecule has 0 heterocycles. The van der Waals surface area contributed by atoms with Gasteiger partial charge in [0.15, 0.2) is 0 Å². The van der Waals surface area contributed by atoms with Crippen molar-refractivity contribution in [1.29, 1.82) is 0 Å². The number of para-hydroxylation sites is 1. The Hall–Kier alpha value is -3.22. The van der Waals surface area contributed by atoms with Gasteiger partial charge in [0.25, 0.3) is 0 Å². The summed E-state index contributed by atoms with van der Waals surface area (Å²) in [6.45, 7) is 16.4. The molecule has 0 bridgehead atoms. The summed E-state index contributed by atoms with van der Waals surface area (Å²) in [5.74, 6) is 0.140. The molecule has 5 aromatic carbocycles. The van der Waals surface area contributed by atoms with Gasteiger partial charge in [-0.2, -0.15) is 79.8 Å². The van der Waals surface area contributed by atoms with Gasteiger partial charge in [0, 0.05) is 26.2 Å². The van der Waals surface area contributed by atoms with E-state index in [-0.39, 0.29) is 40.0 Å². The zero-order chi connectivity index (χ0) is 36.8. The first-order valence-corrected chi connectivity index (χ1v) is 20.8. The van der Waals surface area contributed by atoms with Crippen LogP contribution in [-0.4, -0.2) is 17.2 Å². The smallest absolute Gasteiger partial charge is 0 e. The molecule has 280 valence electrons. The molecule has 7 rings (SSSR count). The van der Waals surface area contributed by atoms with Crippen LogP contribution in [0.5, 0.6) is 0 Å². The number of hydrogen-bond acceptors (Lipinski definition) is 0. The molecule has 2 fully saturated rings. The maximum atomic E-state index is 5.49. The van der Waals surface area contributed by atoms with E-state index in [1.54, 1.807) is 0 Å². The Kier molecular flexibility index (Phi) is 21.5. The van der Waals surface area contributed by atoms with Crippen molar-refractivity contribution in [1.82, 2.24) is 0 Å². The Morgan fingerprint density at radius 2 is 0.868 bits per heavy atom. The molecule has 53 heavy (non-hydrogen) atoms. The van der Waals surface area contributed by atoms with Crippen molar-refractivity contribution in [3.63, 3.8) is 0 Å². The minimum atomic E-state index is -0.238. The third-order valence-electron chi connectivity index (χ3n) is 9.75. The summed E-state index contributed by atoms with van der Waals surface area (Å²) in [5, 5.41) is 10.9. The Bertz CT molecular complexity index is 1490. The van der Waals surface area contributed by atoms with E-state index < -0.39 is 0 Å². The number of benzene rings is 5. The van der Waals surface area contributed by atoms with Gasteiger partial charge in [-0.3, -0.25) is 0 Å². The molecule has 4 heteroatoms. The van der Waals surface area contributed by atoms with Gasteiger partial charge in [0.2, 0.25) is 0 Å². The molecule has 2 aliphatic carbocycles. The molecule has 1 unspecified atom stereocenters. The summed E-state index contributed by atoms with van der Waals surface area (Å²) in [6, 6.07) is 47.0. The fraction of sp³-hybridized carbons (Fsp3) is 0.327. The summed E-state index contributed by atoms with van der Waals surface area (Å²) in [6.07, 6.45) is 14.1. The zero-order valence-corrected chi connectivity index (χ0v) is 35.6. The van der Waals surface area contributed by atoms with Crippen molar-refractivity contribution in [3.05, 3.63) is 204 Å². The van der Waals surface area contributed by atoms with Crippen LogP contribution in [0.15, 0.2) is 140 Å². The Balaban J connectivity index is 0.000000275. The van der Waals surface area contributed by atoms with E-state index >= 15 is 0 Å². The summed E-state index contributed by atoms with van der Waals surface area (Å²) in [4.78, 5) is 0. The number of nitrogens with zero attached hydrogens (tertiary/aromatic N) is 2. The van der Waals surface area contributed by atoms with Crippen LogP contribution < -0.4 is 0 Å². The molecule has 1 atom stereocenters. The first kappa shape index (κ1) is 44.2. The molecule has 0 aliphatic heterocycles. The van der Waals surface area contributed by atoms with E-state index in [0.717, 1.165) is 34.6 Å². The van der Waals surface area contributed by atoms with Crippen LogP contribution in [0.1, 0.15) is 97.6 Å². The van der Waals surface area contributed by atoms with Gasteiger partial charge in [-0.05, 0) is 50.8 Å². The standard InChI is InChI=1S/C28H39N2P.3C7H7.Zr/c1-22-13-12-14-23(2)27(22)30-28(29-21-24-15-6-3-7-16-24)31(25-17-8-4-9-18-25)26-19-10-5-11-20-26;3*1-7-5-3-2-4-6-7;/h3,6-7,12-16,25-26,28H,4-5,8-11,17-21H2,1-2H3;3*2-6H,1H2;/q-2;3*-1;. The second-order valence-electron chi connectivity index (χ2n) is 14.0. The van der Waals surface area contributed by atoms with Crippen LogP contribution in [0.2, 0.25) is 0 Å². The van der Waals surface area contributed by atoms with Crippen LogP contribution in [0.3, 0.4) is 0 Å². The van der Waals surface area contributed by atoms with Gasteiger partial charge >= 0.3 is 0 Å². The first-order chi connectivity index (χ1) is 25.4. The van der Waals surface area contributed by atoms with E-state index in [2.05, 4.69) is 83.1 Å². The van der Waals surface area contributed by atoms with Crippen LogP contribution in [-0.2, 0) is 32.7 Å². The molecule has 2 saturated carbocycles. The van der Waals surface area contributed by atoms with Crippen LogP contribution in [0.4, 0.5) is 5.69 Å². The van der Waals surface area contributed by atoms with E-state index in [4.69, 9.17) is 10.6 Å². The second kappa shape index (κ2) is 25.7. The largest absolute Gasteiger partial charge is 0.695 e. The summed E-state index contributed by atoms with van der Waals surface area (Å²) in [7, 11) is -0.238. The SMILES string of the molecule is Cc1cccc(C)c1[N-]C([N-]Cc1ccccc1)P(C1CCCCC1)C1CCCCC1.[CH2-]c1ccccc1.[CH2-]c1ccccc1.[CH2-]c1ccccc1.[Zr]. The van der Waals surface area contributed by atoms with Gasteiger partial charge in [-0.15, -0.1) is 56.6 Å². The van der Waals surface area contributed by atoms with Crippen molar-refractivity contribution in [2.24, 2.45) is 0 Å². The molecule has 0 amide bonds. The van der Waals surface area contributed by atoms with Crippen LogP contribution >= 0.6 is 7.92 Å². The molecule has 2 nitrogen and oxygen atoms in total. The molecule has 2 aliphatic rings. The van der Waals surface area contributed by atoms with E-state index in [0.29, 0.717) is 0 Å². The molecule has 0 saturated heterocycles. The van der Waals surface area contributed by atoms with Crippen LogP contribution in [0, 0.1) is 34.6 Å². The van der Waals surface area contributed by atoms with Crippen molar-refractivity contribution >= 4 is 13.6 Å². The molecular weight excluding hydrogens is 739 g/mol. The molecule has 0 aromatic heterocycles. The first-order valence-electron chi connectivity index (χ1n) is 19.3. The average molecular weight is 799 g/mol. The minimum absolute atomic E-state index is 0. The van der Waals surface area contributed by atoms with Gasteiger partial charge < -0.3 is 10.6 Å². The Labute approximate surface area is 343 Å². The van der Waals surface area contributed by atoms with Crippen LogP contribution in [0.25, 0.3) is 10.6 Å². The van der Waals surface area contributed by atoms with Gasteiger partial charge in [-0.1, -0.05) is 122 Å². The van der Waals surface area contributed by atoms with Crippen molar-refractivity contribution in [2.75, 3.05) is 0 Å².